The molecular formula is C20H15BrClN5O3. The van der Waals surface area contributed by atoms with Crippen LogP contribution in [-0.2, 0) is 9.59 Å². The molecule has 8 nitrogen and oxygen atoms in total. The maximum Gasteiger partial charge on any atom is 0.253 e. The molecule has 1 aromatic heterocycles. The molecule has 0 aliphatic carbocycles. The zero-order valence-electron chi connectivity index (χ0n) is 15.6. The van der Waals surface area contributed by atoms with Gasteiger partial charge in [-0.1, -0.05) is 17.7 Å². The third-order valence-electron chi connectivity index (χ3n) is 4.95. The highest BCUT2D eigenvalue weighted by Crippen LogP contribution is 2.37. The molecule has 1 aliphatic heterocycles. The molecule has 3 aromatic rings. The minimum atomic E-state index is -0.541. The number of benzene rings is 2. The monoisotopic (exact) mass is 487 g/mol. The third-order valence-corrected chi connectivity index (χ3v) is 5.87. The van der Waals surface area contributed by atoms with Crippen molar-refractivity contribution >= 4 is 61.6 Å². The van der Waals surface area contributed by atoms with Gasteiger partial charge in [-0.05, 0) is 63.9 Å². The van der Waals surface area contributed by atoms with Gasteiger partial charge in [0.2, 0.25) is 5.91 Å². The molecule has 4 rings (SSSR count). The van der Waals surface area contributed by atoms with Crippen LogP contribution in [0.15, 0.2) is 57.4 Å². The van der Waals surface area contributed by atoms with Crippen molar-refractivity contribution in [3.05, 3.63) is 67.8 Å². The highest BCUT2D eigenvalue weighted by molar-refractivity contribution is 9.10. The lowest BCUT2D eigenvalue weighted by Crippen LogP contribution is -2.35. The fourth-order valence-electron chi connectivity index (χ4n) is 3.56. The number of anilines is 1. The summed E-state index contributed by atoms with van der Waals surface area (Å²) in [5.41, 5.74) is 2.87. The lowest BCUT2D eigenvalue weighted by Gasteiger charge is -2.27. The van der Waals surface area contributed by atoms with Crippen LogP contribution in [0.4, 0.5) is 11.4 Å². The first-order chi connectivity index (χ1) is 14.4. The molecule has 0 spiro atoms. The second kappa shape index (κ2) is 8.00. The quantitative estimate of drug-likeness (QED) is 0.453. The van der Waals surface area contributed by atoms with Gasteiger partial charge in [-0.3, -0.25) is 14.7 Å². The molecule has 0 radical (unpaired) electrons. The van der Waals surface area contributed by atoms with E-state index in [2.05, 4.69) is 41.9 Å². The summed E-state index contributed by atoms with van der Waals surface area (Å²) < 4.78 is 0.710. The molecule has 2 heterocycles. The van der Waals surface area contributed by atoms with Crippen LogP contribution in [0.25, 0.3) is 10.9 Å². The number of allylic oxidation sites excluding steroid dienone is 1. The van der Waals surface area contributed by atoms with Crippen LogP contribution in [0.3, 0.4) is 0 Å². The number of fused-ring (bicyclic) bond motifs is 1. The van der Waals surface area contributed by atoms with E-state index >= 15 is 0 Å². The molecular weight excluding hydrogens is 474 g/mol. The molecule has 2 aromatic carbocycles. The van der Waals surface area contributed by atoms with Gasteiger partial charge in [0.05, 0.1) is 10.5 Å². The van der Waals surface area contributed by atoms with Crippen molar-refractivity contribution in [2.45, 2.75) is 19.3 Å². The smallest absolute Gasteiger partial charge is 0.253 e. The number of amides is 2. The average molecular weight is 489 g/mol. The molecule has 1 unspecified atom stereocenters. The first-order valence-electron chi connectivity index (χ1n) is 8.95. The predicted octanol–water partition coefficient (Wildman–Crippen LogP) is 4.89. The van der Waals surface area contributed by atoms with E-state index in [1.807, 2.05) is 0 Å². The Labute approximate surface area is 184 Å². The van der Waals surface area contributed by atoms with Crippen LogP contribution < -0.4 is 10.6 Å². The summed E-state index contributed by atoms with van der Waals surface area (Å²) in [4.78, 5) is 36.4. The largest absolute Gasteiger partial charge is 0.330 e. The summed E-state index contributed by atoms with van der Waals surface area (Å²) >= 11 is 9.36. The van der Waals surface area contributed by atoms with Gasteiger partial charge in [-0.2, -0.15) is 5.10 Å². The maximum absolute atomic E-state index is 13.2. The Morgan fingerprint density at radius 3 is 2.87 bits per heavy atom. The lowest BCUT2D eigenvalue weighted by molar-refractivity contribution is -0.121. The second-order valence-corrected chi connectivity index (χ2v) is 8.07. The molecule has 2 amide bonds. The number of halogens is 2. The SMILES string of the molecule is CC1=C(C(=O)Nc2ccc3n[nH]c(Br)c3c2)C(c2ccc(Cl)c(N=O)c2)CC(=O)N1. The standard InChI is InChI=1S/C20H15BrClN5O3/c1-9-18(20(29)24-11-3-5-15-13(7-11)19(21)26-25-15)12(8-17(28)23-9)10-2-4-14(22)16(6-10)27-30/h2-7,12H,8H2,1H3,(H,23,28)(H,24,29)(H,25,26). The third kappa shape index (κ3) is 3.73. The Balaban J connectivity index is 1.70. The van der Waals surface area contributed by atoms with Crippen molar-refractivity contribution in [3.63, 3.8) is 0 Å². The molecule has 1 aliphatic rings. The molecule has 10 heteroatoms. The zero-order chi connectivity index (χ0) is 21.4. The van der Waals surface area contributed by atoms with Crippen LogP contribution >= 0.6 is 27.5 Å². The van der Waals surface area contributed by atoms with Crippen molar-refractivity contribution in [1.29, 1.82) is 0 Å². The van der Waals surface area contributed by atoms with Crippen LogP contribution in [-0.4, -0.2) is 22.0 Å². The first kappa shape index (κ1) is 20.2. The zero-order valence-corrected chi connectivity index (χ0v) is 18.0. The van der Waals surface area contributed by atoms with Crippen molar-refractivity contribution in [2.24, 2.45) is 5.18 Å². The van der Waals surface area contributed by atoms with E-state index in [9.17, 15) is 14.5 Å². The fraction of sp³-hybridized carbons (Fsp3) is 0.150. The summed E-state index contributed by atoms with van der Waals surface area (Å²) in [5.74, 6) is -1.11. The van der Waals surface area contributed by atoms with Gasteiger partial charge in [-0.15, -0.1) is 4.91 Å². The van der Waals surface area contributed by atoms with Crippen LogP contribution in [0, 0.1) is 4.91 Å². The normalized spacial score (nSPS) is 16.5. The van der Waals surface area contributed by atoms with Gasteiger partial charge in [0.1, 0.15) is 10.3 Å². The molecule has 0 saturated carbocycles. The minimum absolute atomic E-state index is 0.0618. The van der Waals surface area contributed by atoms with E-state index in [0.29, 0.717) is 27.1 Å². The predicted molar refractivity (Wildman–Crippen MR) is 118 cm³/mol. The molecule has 30 heavy (non-hydrogen) atoms. The number of aromatic nitrogens is 2. The van der Waals surface area contributed by atoms with Gasteiger partial charge >= 0.3 is 0 Å². The minimum Gasteiger partial charge on any atom is -0.330 e. The van der Waals surface area contributed by atoms with Crippen molar-refractivity contribution in [3.8, 4) is 0 Å². The Morgan fingerprint density at radius 1 is 1.30 bits per heavy atom. The van der Waals surface area contributed by atoms with E-state index in [0.717, 1.165) is 10.9 Å². The Kier molecular flexibility index (Phi) is 5.40. The maximum atomic E-state index is 13.2. The molecule has 152 valence electrons. The number of H-pyrrole nitrogens is 1. The molecule has 0 bridgehead atoms. The Bertz CT molecular complexity index is 1240. The molecule has 3 N–H and O–H groups in total. The molecule has 0 fully saturated rings. The van der Waals surface area contributed by atoms with Gasteiger partial charge < -0.3 is 10.6 Å². The number of rotatable bonds is 4. The summed E-state index contributed by atoms with van der Waals surface area (Å²) in [7, 11) is 0. The summed E-state index contributed by atoms with van der Waals surface area (Å²) in [6, 6.07) is 10.1. The highest BCUT2D eigenvalue weighted by Gasteiger charge is 2.32. The number of nitrogens with one attached hydrogen (secondary N) is 3. The number of aromatic amines is 1. The van der Waals surface area contributed by atoms with Gasteiger partial charge in [0, 0.05) is 34.7 Å². The Morgan fingerprint density at radius 2 is 2.10 bits per heavy atom. The van der Waals surface area contributed by atoms with Gasteiger partial charge in [0.15, 0.2) is 0 Å². The Hall–Kier alpha value is -3.04. The highest BCUT2D eigenvalue weighted by atomic mass is 79.9. The first-order valence-corrected chi connectivity index (χ1v) is 10.1. The van der Waals surface area contributed by atoms with E-state index < -0.39 is 5.92 Å². The second-order valence-electron chi connectivity index (χ2n) is 6.87. The summed E-state index contributed by atoms with van der Waals surface area (Å²) in [5, 5.41) is 16.5. The molecule has 1 atom stereocenters. The van der Waals surface area contributed by atoms with Gasteiger partial charge in [-0.25, -0.2) is 0 Å². The van der Waals surface area contributed by atoms with E-state index in [-0.39, 0.29) is 28.9 Å². The van der Waals surface area contributed by atoms with Crippen molar-refractivity contribution in [1.82, 2.24) is 15.5 Å². The molecule has 0 saturated heterocycles. The lowest BCUT2D eigenvalue weighted by atomic mass is 9.84. The number of nitrogens with zero attached hydrogens (tertiary/aromatic N) is 2. The number of carbonyl (C=O) groups is 2. The van der Waals surface area contributed by atoms with Crippen LogP contribution in [0.5, 0.6) is 0 Å². The van der Waals surface area contributed by atoms with Crippen molar-refractivity contribution in [2.75, 3.05) is 5.32 Å². The summed E-state index contributed by atoms with van der Waals surface area (Å²) in [6.07, 6.45) is 0.0618. The number of nitroso groups, excluding NO2 is 1. The van der Waals surface area contributed by atoms with E-state index in [1.165, 1.54) is 12.1 Å². The van der Waals surface area contributed by atoms with E-state index in [1.54, 1.807) is 31.2 Å². The van der Waals surface area contributed by atoms with Crippen LogP contribution in [0.2, 0.25) is 5.02 Å². The fourth-order valence-corrected chi connectivity index (χ4v) is 4.12. The summed E-state index contributed by atoms with van der Waals surface area (Å²) in [6.45, 7) is 1.67. The van der Waals surface area contributed by atoms with E-state index in [4.69, 9.17) is 11.6 Å². The number of hydrogen-bond donors (Lipinski definition) is 3. The van der Waals surface area contributed by atoms with Gasteiger partial charge in [0.25, 0.3) is 5.91 Å². The van der Waals surface area contributed by atoms with Crippen LogP contribution in [0.1, 0.15) is 24.8 Å². The topological polar surface area (TPSA) is 116 Å². The average Bonchev–Trinajstić information content (AvgIpc) is 3.08. The number of hydrogen-bond acceptors (Lipinski definition) is 5. The van der Waals surface area contributed by atoms with Crippen molar-refractivity contribution < 1.29 is 9.59 Å². The number of carbonyl (C=O) groups excluding carboxylic acids is 2.